The number of carbonyl (C=O) groups excluding carboxylic acids is 1. The molecule has 1 aliphatic heterocycles. The molecule has 1 heterocycles. The van der Waals surface area contributed by atoms with Gasteiger partial charge in [-0.3, -0.25) is 0 Å². The molecular formula is C6H7FO2. The van der Waals surface area contributed by atoms with Gasteiger partial charge in [0.05, 0.1) is 5.92 Å². The van der Waals surface area contributed by atoms with Crippen LogP contribution in [0.25, 0.3) is 0 Å². The molecule has 1 rings (SSSR count). The number of carbonyl (C=O) groups is 1. The van der Waals surface area contributed by atoms with Gasteiger partial charge < -0.3 is 4.74 Å². The number of rotatable bonds is 1. The first-order valence-corrected chi connectivity index (χ1v) is 2.69. The van der Waals surface area contributed by atoms with Gasteiger partial charge in [-0.05, 0) is 0 Å². The molecule has 0 aliphatic carbocycles. The van der Waals surface area contributed by atoms with Crippen LogP contribution in [0.15, 0.2) is 12.7 Å². The highest BCUT2D eigenvalue weighted by molar-refractivity contribution is 5.77. The maximum Gasteiger partial charge on any atom is 0.341 e. The van der Waals surface area contributed by atoms with Crippen LogP contribution < -0.4 is 0 Å². The van der Waals surface area contributed by atoms with Gasteiger partial charge in [0.15, 0.2) is 0 Å². The van der Waals surface area contributed by atoms with Crippen molar-refractivity contribution < 1.29 is 13.9 Å². The summed E-state index contributed by atoms with van der Waals surface area (Å²) in [5, 5.41) is 0. The van der Waals surface area contributed by atoms with Crippen molar-refractivity contribution in [3.63, 3.8) is 0 Å². The third-order valence-corrected chi connectivity index (χ3v) is 1.32. The Kier molecular flexibility index (Phi) is 1.51. The number of ether oxygens (including phenoxy) is 1. The molecule has 50 valence electrons. The first kappa shape index (κ1) is 6.26. The molecule has 9 heavy (non-hydrogen) atoms. The number of cyclic esters (lactones) is 1. The lowest BCUT2D eigenvalue weighted by Gasteiger charge is -1.96. The van der Waals surface area contributed by atoms with Crippen LogP contribution in [-0.4, -0.2) is 18.7 Å². The summed E-state index contributed by atoms with van der Waals surface area (Å²) in [5.41, 5.74) is 0. The number of halogens is 1. The molecule has 1 saturated heterocycles. The molecule has 0 N–H and O–H groups in total. The predicted molar refractivity (Wildman–Crippen MR) is 29.5 cm³/mol. The van der Waals surface area contributed by atoms with E-state index in [2.05, 4.69) is 11.3 Å². The van der Waals surface area contributed by atoms with E-state index >= 15 is 0 Å². The van der Waals surface area contributed by atoms with E-state index < -0.39 is 18.1 Å². The normalized spacial score (nSPS) is 34.1. The molecule has 0 aromatic rings. The lowest BCUT2D eigenvalue weighted by Crippen LogP contribution is -2.14. The van der Waals surface area contributed by atoms with Gasteiger partial charge in [0.2, 0.25) is 6.17 Å². The Balaban J connectivity index is 2.61. The van der Waals surface area contributed by atoms with Crippen LogP contribution in [0.2, 0.25) is 0 Å². The van der Waals surface area contributed by atoms with E-state index in [1.165, 1.54) is 6.08 Å². The van der Waals surface area contributed by atoms with Gasteiger partial charge in [-0.2, -0.15) is 0 Å². The molecule has 0 spiro atoms. The van der Waals surface area contributed by atoms with Crippen molar-refractivity contribution in [2.24, 2.45) is 5.92 Å². The van der Waals surface area contributed by atoms with Crippen LogP contribution in [0, 0.1) is 5.92 Å². The Hall–Kier alpha value is -0.860. The molecule has 1 aliphatic rings. The number of esters is 1. The fraction of sp³-hybridized carbons (Fsp3) is 0.500. The number of alkyl halides is 1. The summed E-state index contributed by atoms with van der Waals surface area (Å²) in [6.07, 6.45) is -0.0854. The monoisotopic (exact) mass is 130 g/mol. The van der Waals surface area contributed by atoms with E-state index in [1.807, 2.05) is 0 Å². The zero-order valence-electron chi connectivity index (χ0n) is 4.84. The highest BCUT2D eigenvalue weighted by atomic mass is 19.1. The summed E-state index contributed by atoms with van der Waals surface area (Å²) in [4.78, 5) is 10.3. The molecule has 0 bridgehead atoms. The van der Waals surface area contributed by atoms with Crippen LogP contribution in [0.5, 0.6) is 0 Å². The lowest BCUT2D eigenvalue weighted by atomic mass is 10.1. The third kappa shape index (κ3) is 0.943. The minimum atomic E-state index is -1.48. The SMILES string of the molecule is C=CC1COC(=O)C1F. The van der Waals surface area contributed by atoms with Crippen LogP contribution in [0.4, 0.5) is 4.39 Å². The van der Waals surface area contributed by atoms with Crippen molar-refractivity contribution in [2.45, 2.75) is 6.17 Å². The summed E-state index contributed by atoms with van der Waals surface area (Å²) >= 11 is 0. The average molecular weight is 130 g/mol. The Labute approximate surface area is 52.3 Å². The lowest BCUT2D eigenvalue weighted by molar-refractivity contribution is -0.141. The van der Waals surface area contributed by atoms with E-state index in [9.17, 15) is 9.18 Å². The first-order valence-electron chi connectivity index (χ1n) is 2.69. The maximum atomic E-state index is 12.4. The van der Waals surface area contributed by atoms with Crippen molar-refractivity contribution in [3.8, 4) is 0 Å². The zero-order valence-corrected chi connectivity index (χ0v) is 4.84. The summed E-state index contributed by atoms with van der Waals surface area (Å²) < 4.78 is 16.8. The average Bonchev–Trinajstić information content (AvgIpc) is 2.15. The van der Waals surface area contributed by atoms with Crippen LogP contribution in [0.3, 0.4) is 0 Å². The molecule has 2 nitrogen and oxygen atoms in total. The van der Waals surface area contributed by atoms with Crippen molar-refractivity contribution in [1.29, 1.82) is 0 Å². The fourth-order valence-corrected chi connectivity index (χ4v) is 0.705. The molecule has 0 aromatic carbocycles. The van der Waals surface area contributed by atoms with Crippen molar-refractivity contribution in [2.75, 3.05) is 6.61 Å². The molecule has 2 atom stereocenters. The molecular weight excluding hydrogens is 123 g/mol. The maximum absolute atomic E-state index is 12.4. The second-order valence-electron chi connectivity index (χ2n) is 1.93. The van der Waals surface area contributed by atoms with Crippen LogP contribution in [-0.2, 0) is 9.53 Å². The second kappa shape index (κ2) is 2.17. The quantitative estimate of drug-likeness (QED) is 0.385. The largest absolute Gasteiger partial charge is 0.463 e. The Morgan fingerprint density at radius 2 is 2.56 bits per heavy atom. The second-order valence-corrected chi connectivity index (χ2v) is 1.93. The van der Waals surface area contributed by atoms with Crippen LogP contribution in [0.1, 0.15) is 0 Å². The molecule has 0 amide bonds. The Bertz CT molecular complexity index is 144. The van der Waals surface area contributed by atoms with E-state index in [4.69, 9.17) is 0 Å². The topological polar surface area (TPSA) is 26.3 Å². The van der Waals surface area contributed by atoms with Crippen molar-refractivity contribution >= 4 is 5.97 Å². The predicted octanol–water partition coefficient (Wildman–Crippen LogP) is 0.683. The highest BCUT2D eigenvalue weighted by Gasteiger charge is 2.34. The highest BCUT2D eigenvalue weighted by Crippen LogP contribution is 2.18. The molecule has 3 heteroatoms. The molecule has 0 saturated carbocycles. The zero-order chi connectivity index (χ0) is 6.85. The number of hydrogen-bond acceptors (Lipinski definition) is 2. The molecule has 2 unspecified atom stereocenters. The Morgan fingerprint density at radius 3 is 2.78 bits per heavy atom. The fourth-order valence-electron chi connectivity index (χ4n) is 0.705. The van der Waals surface area contributed by atoms with Gasteiger partial charge in [0, 0.05) is 0 Å². The molecule has 0 aromatic heterocycles. The van der Waals surface area contributed by atoms with Gasteiger partial charge >= 0.3 is 5.97 Å². The van der Waals surface area contributed by atoms with Crippen molar-refractivity contribution in [1.82, 2.24) is 0 Å². The molecule has 1 fully saturated rings. The minimum Gasteiger partial charge on any atom is -0.463 e. The minimum absolute atomic E-state index is 0.142. The van der Waals surface area contributed by atoms with E-state index in [0.717, 1.165) is 0 Å². The van der Waals surface area contributed by atoms with Crippen LogP contribution >= 0.6 is 0 Å². The number of hydrogen-bond donors (Lipinski definition) is 0. The smallest absolute Gasteiger partial charge is 0.341 e. The van der Waals surface area contributed by atoms with Gasteiger partial charge in [-0.25, -0.2) is 9.18 Å². The first-order chi connectivity index (χ1) is 4.25. The summed E-state index contributed by atoms with van der Waals surface area (Å²) in [6, 6.07) is 0. The summed E-state index contributed by atoms with van der Waals surface area (Å²) in [5.74, 6) is -1.20. The third-order valence-electron chi connectivity index (χ3n) is 1.32. The van der Waals surface area contributed by atoms with Gasteiger partial charge in [0.25, 0.3) is 0 Å². The van der Waals surface area contributed by atoms with Crippen molar-refractivity contribution in [3.05, 3.63) is 12.7 Å². The van der Waals surface area contributed by atoms with E-state index in [0.29, 0.717) is 0 Å². The summed E-state index contributed by atoms with van der Waals surface area (Å²) in [7, 11) is 0. The summed E-state index contributed by atoms with van der Waals surface area (Å²) in [6.45, 7) is 3.50. The van der Waals surface area contributed by atoms with Gasteiger partial charge in [-0.15, -0.1) is 6.58 Å². The standard InChI is InChI=1S/C6H7FO2/c1-2-4-3-9-6(8)5(4)7/h2,4-5H,1,3H2. The van der Waals surface area contributed by atoms with E-state index in [-0.39, 0.29) is 6.61 Å². The Morgan fingerprint density at radius 1 is 1.89 bits per heavy atom. The molecule has 0 radical (unpaired) electrons. The van der Waals surface area contributed by atoms with Gasteiger partial charge in [0.1, 0.15) is 6.61 Å². The van der Waals surface area contributed by atoms with E-state index in [1.54, 1.807) is 0 Å². The van der Waals surface area contributed by atoms with Gasteiger partial charge in [-0.1, -0.05) is 6.08 Å².